The Morgan fingerprint density at radius 2 is 1.79 bits per heavy atom. The second-order valence-corrected chi connectivity index (χ2v) is 6.45. The fourth-order valence-corrected chi connectivity index (χ4v) is 2.43. The number of benzene rings is 2. The van der Waals surface area contributed by atoms with E-state index in [0.717, 1.165) is 12.0 Å². The molecule has 0 aliphatic carbocycles. The Kier molecular flexibility index (Phi) is 8.98. The molecular formula is C21H24ClN3O4. The molecule has 154 valence electrons. The summed E-state index contributed by atoms with van der Waals surface area (Å²) in [5.74, 6) is 0.295. The highest BCUT2D eigenvalue weighted by molar-refractivity contribution is 6.30. The van der Waals surface area contributed by atoms with Crippen molar-refractivity contribution in [2.45, 2.75) is 26.7 Å². The normalized spacial score (nSPS) is 10.6. The summed E-state index contributed by atoms with van der Waals surface area (Å²) in [7, 11) is 0. The van der Waals surface area contributed by atoms with Crippen molar-refractivity contribution in [3.05, 3.63) is 53.1 Å². The molecule has 0 radical (unpaired) electrons. The van der Waals surface area contributed by atoms with E-state index in [1.807, 2.05) is 13.8 Å². The molecule has 0 saturated carbocycles. The standard InChI is InChI=1S/C21H24ClN3O4/c1-3-11-29-18-10-5-15(12-19(18)28-4-2)14-23-25-21(27)13-20(26)24-17-8-6-16(22)7-9-17/h5-10,12,14H,3-4,11,13H2,1-2H3,(H,24,26)(H,25,27). The Hall–Kier alpha value is -3.06. The number of carbonyl (C=O) groups excluding carboxylic acids is 2. The van der Waals surface area contributed by atoms with E-state index in [9.17, 15) is 9.59 Å². The molecule has 8 heteroatoms. The molecule has 7 nitrogen and oxygen atoms in total. The quantitative estimate of drug-likeness (QED) is 0.347. The minimum Gasteiger partial charge on any atom is -0.490 e. The van der Waals surface area contributed by atoms with Gasteiger partial charge >= 0.3 is 0 Å². The molecule has 0 bridgehead atoms. The van der Waals surface area contributed by atoms with Crippen LogP contribution in [0.15, 0.2) is 47.6 Å². The highest BCUT2D eigenvalue weighted by Crippen LogP contribution is 2.28. The van der Waals surface area contributed by atoms with Crippen LogP contribution < -0.4 is 20.2 Å². The van der Waals surface area contributed by atoms with Gasteiger partial charge in [0.05, 0.1) is 19.4 Å². The lowest BCUT2D eigenvalue weighted by atomic mass is 10.2. The molecule has 2 rings (SSSR count). The highest BCUT2D eigenvalue weighted by Gasteiger charge is 2.09. The smallest absolute Gasteiger partial charge is 0.249 e. The van der Waals surface area contributed by atoms with E-state index >= 15 is 0 Å². The van der Waals surface area contributed by atoms with Crippen molar-refractivity contribution in [1.29, 1.82) is 0 Å². The maximum absolute atomic E-state index is 11.9. The first kappa shape index (κ1) is 22.2. The van der Waals surface area contributed by atoms with Crippen LogP contribution in [0, 0.1) is 0 Å². The predicted octanol–water partition coefficient (Wildman–Crippen LogP) is 4.01. The van der Waals surface area contributed by atoms with Gasteiger partial charge in [0.1, 0.15) is 6.42 Å². The van der Waals surface area contributed by atoms with E-state index in [-0.39, 0.29) is 6.42 Å². The molecule has 0 saturated heterocycles. The average molecular weight is 418 g/mol. The largest absolute Gasteiger partial charge is 0.490 e. The number of carbonyl (C=O) groups is 2. The number of halogens is 1. The van der Waals surface area contributed by atoms with E-state index in [4.69, 9.17) is 21.1 Å². The molecule has 2 N–H and O–H groups in total. The van der Waals surface area contributed by atoms with Gasteiger partial charge in [0, 0.05) is 10.7 Å². The molecule has 0 aliphatic heterocycles. The second-order valence-electron chi connectivity index (χ2n) is 6.01. The number of nitrogens with zero attached hydrogens (tertiary/aromatic N) is 1. The van der Waals surface area contributed by atoms with E-state index in [2.05, 4.69) is 15.8 Å². The van der Waals surface area contributed by atoms with Crippen molar-refractivity contribution >= 4 is 35.3 Å². The minimum absolute atomic E-state index is 0.353. The van der Waals surface area contributed by atoms with Gasteiger partial charge in [-0.15, -0.1) is 0 Å². The zero-order valence-corrected chi connectivity index (χ0v) is 17.2. The molecule has 0 aromatic heterocycles. The maximum Gasteiger partial charge on any atom is 0.249 e. The van der Waals surface area contributed by atoms with E-state index in [1.165, 1.54) is 6.21 Å². The number of ether oxygens (including phenoxy) is 2. The van der Waals surface area contributed by atoms with Gasteiger partial charge in [-0.2, -0.15) is 5.10 Å². The summed E-state index contributed by atoms with van der Waals surface area (Å²) in [5, 5.41) is 7.06. The van der Waals surface area contributed by atoms with Crippen molar-refractivity contribution in [2.75, 3.05) is 18.5 Å². The predicted molar refractivity (Wildman–Crippen MR) is 114 cm³/mol. The summed E-state index contributed by atoms with van der Waals surface area (Å²) in [5.41, 5.74) is 3.62. The number of anilines is 1. The molecule has 0 aliphatic rings. The van der Waals surface area contributed by atoms with Crippen LogP contribution in [0.2, 0.25) is 5.02 Å². The van der Waals surface area contributed by atoms with E-state index in [1.54, 1.807) is 42.5 Å². The number of hydrogen-bond donors (Lipinski definition) is 2. The van der Waals surface area contributed by atoms with E-state index in [0.29, 0.717) is 35.4 Å². The zero-order valence-electron chi connectivity index (χ0n) is 16.4. The van der Waals surface area contributed by atoms with Crippen LogP contribution in [0.3, 0.4) is 0 Å². The maximum atomic E-state index is 11.9. The van der Waals surface area contributed by atoms with Crippen LogP contribution in [0.1, 0.15) is 32.3 Å². The molecule has 0 atom stereocenters. The average Bonchev–Trinajstić information content (AvgIpc) is 2.69. The SMILES string of the molecule is CCCOc1ccc(C=NNC(=O)CC(=O)Nc2ccc(Cl)cc2)cc1OCC. The van der Waals surface area contributed by atoms with Crippen molar-refractivity contribution < 1.29 is 19.1 Å². The molecule has 0 fully saturated rings. The number of amides is 2. The lowest BCUT2D eigenvalue weighted by Crippen LogP contribution is -2.24. The van der Waals surface area contributed by atoms with Crippen molar-refractivity contribution in [3.63, 3.8) is 0 Å². The van der Waals surface area contributed by atoms with Gasteiger partial charge < -0.3 is 14.8 Å². The van der Waals surface area contributed by atoms with Crippen LogP contribution in [-0.4, -0.2) is 31.2 Å². The van der Waals surface area contributed by atoms with E-state index < -0.39 is 11.8 Å². The highest BCUT2D eigenvalue weighted by atomic mass is 35.5. The van der Waals surface area contributed by atoms with Gasteiger partial charge in [0.2, 0.25) is 11.8 Å². The number of nitrogens with one attached hydrogen (secondary N) is 2. The molecule has 2 aromatic rings. The van der Waals surface area contributed by atoms with Crippen molar-refractivity contribution in [2.24, 2.45) is 5.10 Å². The van der Waals surface area contributed by atoms with Crippen LogP contribution >= 0.6 is 11.6 Å². The first-order chi connectivity index (χ1) is 14.0. The number of rotatable bonds is 10. The topological polar surface area (TPSA) is 89.0 Å². The van der Waals surface area contributed by atoms with Crippen LogP contribution in [0.5, 0.6) is 11.5 Å². The minimum atomic E-state index is -0.527. The van der Waals surface area contributed by atoms with Crippen LogP contribution in [-0.2, 0) is 9.59 Å². The summed E-state index contributed by atoms with van der Waals surface area (Å²) in [4.78, 5) is 23.8. The molecule has 0 heterocycles. The lowest BCUT2D eigenvalue weighted by Gasteiger charge is -2.11. The first-order valence-corrected chi connectivity index (χ1v) is 9.66. The van der Waals surface area contributed by atoms with Gasteiger partial charge in [-0.1, -0.05) is 18.5 Å². The Morgan fingerprint density at radius 3 is 2.48 bits per heavy atom. The Morgan fingerprint density at radius 1 is 1.03 bits per heavy atom. The summed E-state index contributed by atoms with van der Waals surface area (Å²) in [6.45, 7) is 5.02. The number of hydrogen-bond acceptors (Lipinski definition) is 5. The summed E-state index contributed by atoms with van der Waals surface area (Å²) in [6, 6.07) is 12.0. The molecule has 29 heavy (non-hydrogen) atoms. The summed E-state index contributed by atoms with van der Waals surface area (Å²) in [6.07, 6.45) is 2.02. The molecule has 2 aromatic carbocycles. The third-order valence-corrected chi connectivity index (χ3v) is 3.83. The van der Waals surface area contributed by atoms with Crippen LogP contribution in [0.25, 0.3) is 0 Å². The van der Waals surface area contributed by atoms with Gasteiger partial charge in [-0.3, -0.25) is 9.59 Å². The fraction of sp³-hybridized carbons (Fsp3) is 0.286. The molecular weight excluding hydrogens is 394 g/mol. The van der Waals surface area contributed by atoms with Gasteiger partial charge in [0.25, 0.3) is 0 Å². The van der Waals surface area contributed by atoms with Crippen LogP contribution in [0.4, 0.5) is 5.69 Å². The monoisotopic (exact) mass is 417 g/mol. The Bertz CT molecular complexity index is 854. The molecule has 0 unspecified atom stereocenters. The van der Waals surface area contributed by atoms with Crippen molar-refractivity contribution in [1.82, 2.24) is 5.43 Å². The first-order valence-electron chi connectivity index (χ1n) is 9.28. The summed E-state index contributed by atoms with van der Waals surface area (Å²) < 4.78 is 11.2. The third kappa shape index (κ3) is 7.83. The third-order valence-electron chi connectivity index (χ3n) is 3.58. The Balaban J connectivity index is 1.87. The van der Waals surface area contributed by atoms with Gasteiger partial charge in [-0.25, -0.2) is 5.43 Å². The zero-order chi connectivity index (χ0) is 21.1. The molecule has 0 spiro atoms. The number of hydrazone groups is 1. The van der Waals surface area contributed by atoms with Crippen molar-refractivity contribution in [3.8, 4) is 11.5 Å². The second kappa shape index (κ2) is 11.7. The van der Waals surface area contributed by atoms with Gasteiger partial charge in [0.15, 0.2) is 11.5 Å². The summed E-state index contributed by atoms with van der Waals surface area (Å²) >= 11 is 5.79. The fourth-order valence-electron chi connectivity index (χ4n) is 2.31. The lowest BCUT2D eigenvalue weighted by molar-refractivity contribution is -0.126. The molecule has 2 amide bonds. The van der Waals surface area contributed by atoms with Gasteiger partial charge in [-0.05, 0) is 61.4 Å². The Labute approximate surface area is 175 Å².